The molecular formula is C17H13ClO4. The number of halogens is 1. The molecular weight excluding hydrogens is 304 g/mol. The van der Waals surface area contributed by atoms with E-state index in [9.17, 15) is 9.59 Å². The third-order valence-corrected chi connectivity index (χ3v) is 3.10. The molecule has 0 saturated heterocycles. The van der Waals surface area contributed by atoms with Crippen LogP contribution in [0.15, 0.2) is 54.6 Å². The summed E-state index contributed by atoms with van der Waals surface area (Å²) in [5.41, 5.74) is 1.20. The maximum Gasteiger partial charge on any atom is 0.337 e. The number of carbonyl (C=O) groups excluding carboxylic acids is 2. The molecule has 2 aromatic rings. The molecule has 0 amide bonds. The summed E-state index contributed by atoms with van der Waals surface area (Å²) in [4.78, 5) is 23.0. The smallest absolute Gasteiger partial charge is 0.337 e. The van der Waals surface area contributed by atoms with Crippen LogP contribution >= 0.6 is 11.6 Å². The third kappa shape index (κ3) is 4.20. The van der Waals surface area contributed by atoms with Gasteiger partial charge in [0.1, 0.15) is 5.75 Å². The van der Waals surface area contributed by atoms with E-state index >= 15 is 0 Å². The molecule has 0 radical (unpaired) electrons. The van der Waals surface area contributed by atoms with Crippen LogP contribution in [0.5, 0.6) is 5.75 Å². The molecule has 5 heteroatoms. The zero-order valence-electron chi connectivity index (χ0n) is 11.8. The highest BCUT2D eigenvalue weighted by Crippen LogP contribution is 2.23. The van der Waals surface area contributed by atoms with E-state index in [0.717, 1.165) is 5.56 Å². The van der Waals surface area contributed by atoms with Crippen molar-refractivity contribution in [3.8, 4) is 5.75 Å². The highest BCUT2D eigenvalue weighted by Gasteiger charge is 2.05. The molecule has 0 aliphatic rings. The first kappa shape index (κ1) is 15.8. The van der Waals surface area contributed by atoms with Crippen molar-refractivity contribution in [1.82, 2.24) is 0 Å². The maximum atomic E-state index is 11.7. The summed E-state index contributed by atoms with van der Waals surface area (Å²) in [5, 5.41) is 0.367. The number of carbonyl (C=O) groups is 2. The lowest BCUT2D eigenvalue weighted by Gasteiger charge is -2.03. The Morgan fingerprint density at radius 3 is 2.36 bits per heavy atom. The van der Waals surface area contributed by atoms with Crippen molar-refractivity contribution in [2.45, 2.75) is 0 Å². The summed E-state index contributed by atoms with van der Waals surface area (Å²) >= 11 is 5.90. The molecule has 0 spiro atoms. The van der Waals surface area contributed by atoms with Gasteiger partial charge in [0.25, 0.3) is 0 Å². The van der Waals surface area contributed by atoms with E-state index in [1.165, 1.54) is 13.2 Å². The number of hydrogen-bond acceptors (Lipinski definition) is 4. The first-order valence-electron chi connectivity index (χ1n) is 6.43. The van der Waals surface area contributed by atoms with Crippen LogP contribution in [0.2, 0.25) is 5.02 Å². The van der Waals surface area contributed by atoms with E-state index < -0.39 is 11.9 Å². The van der Waals surface area contributed by atoms with E-state index in [0.29, 0.717) is 16.3 Å². The molecule has 0 aliphatic carbocycles. The normalized spacial score (nSPS) is 10.5. The number of benzene rings is 2. The molecule has 0 aromatic heterocycles. The minimum atomic E-state index is -0.537. The Morgan fingerprint density at radius 1 is 1.05 bits per heavy atom. The van der Waals surface area contributed by atoms with Gasteiger partial charge in [0.2, 0.25) is 0 Å². The van der Waals surface area contributed by atoms with E-state index in [-0.39, 0.29) is 0 Å². The third-order valence-electron chi connectivity index (χ3n) is 2.79. The molecule has 0 N–H and O–H groups in total. The zero-order valence-corrected chi connectivity index (χ0v) is 12.5. The first-order chi connectivity index (χ1) is 10.6. The molecule has 0 atom stereocenters. The lowest BCUT2D eigenvalue weighted by molar-refractivity contribution is -0.128. The van der Waals surface area contributed by atoms with Gasteiger partial charge in [-0.05, 0) is 35.9 Å². The standard InChI is InChI=1S/C17H13ClO4/c1-21-17(20)13-9-6-12(7-10-13)8-11-16(19)22-15-5-3-2-4-14(15)18/h2-11H,1H3/b11-8+. The maximum absolute atomic E-state index is 11.7. The fourth-order valence-electron chi connectivity index (χ4n) is 1.68. The van der Waals surface area contributed by atoms with Crippen molar-refractivity contribution >= 4 is 29.6 Å². The summed E-state index contributed by atoms with van der Waals surface area (Å²) < 4.78 is 9.72. The van der Waals surface area contributed by atoms with Crippen molar-refractivity contribution in [1.29, 1.82) is 0 Å². The van der Waals surface area contributed by atoms with Gasteiger partial charge in [-0.3, -0.25) is 0 Å². The van der Waals surface area contributed by atoms with Gasteiger partial charge in [0.05, 0.1) is 17.7 Å². The van der Waals surface area contributed by atoms with Gasteiger partial charge in [-0.25, -0.2) is 9.59 Å². The van der Waals surface area contributed by atoms with E-state index in [4.69, 9.17) is 16.3 Å². The highest BCUT2D eigenvalue weighted by molar-refractivity contribution is 6.32. The van der Waals surface area contributed by atoms with Crippen LogP contribution in [0.3, 0.4) is 0 Å². The van der Waals surface area contributed by atoms with Crippen molar-refractivity contribution < 1.29 is 19.1 Å². The van der Waals surface area contributed by atoms with Crippen molar-refractivity contribution in [3.63, 3.8) is 0 Å². The lowest BCUT2D eigenvalue weighted by Crippen LogP contribution is -2.04. The Kier molecular flexibility index (Phi) is 5.33. The summed E-state index contributed by atoms with van der Waals surface area (Å²) in [5.74, 6) is -0.640. The molecule has 0 unspecified atom stereocenters. The van der Waals surface area contributed by atoms with Gasteiger partial charge in [-0.15, -0.1) is 0 Å². The summed E-state index contributed by atoms with van der Waals surface area (Å²) in [7, 11) is 1.32. The zero-order chi connectivity index (χ0) is 15.9. The second kappa shape index (κ2) is 7.43. The quantitative estimate of drug-likeness (QED) is 0.490. The molecule has 2 rings (SSSR count). The molecule has 0 aliphatic heterocycles. The van der Waals surface area contributed by atoms with E-state index in [2.05, 4.69) is 4.74 Å². The van der Waals surface area contributed by atoms with Gasteiger partial charge >= 0.3 is 11.9 Å². The first-order valence-corrected chi connectivity index (χ1v) is 6.81. The van der Waals surface area contributed by atoms with Crippen molar-refractivity contribution in [2.75, 3.05) is 7.11 Å². The van der Waals surface area contributed by atoms with Crippen molar-refractivity contribution in [3.05, 3.63) is 70.8 Å². The van der Waals surface area contributed by atoms with Crippen LogP contribution in [0, 0.1) is 0 Å². The number of hydrogen-bond donors (Lipinski definition) is 0. The monoisotopic (exact) mass is 316 g/mol. The number of ether oxygens (including phenoxy) is 2. The summed E-state index contributed by atoms with van der Waals surface area (Å²) in [6.07, 6.45) is 2.87. The van der Waals surface area contributed by atoms with Gasteiger partial charge in [0.15, 0.2) is 0 Å². The molecule has 4 nitrogen and oxygen atoms in total. The van der Waals surface area contributed by atoms with Gasteiger partial charge < -0.3 is 9.47 Å². The highest BCUT2D eigenvalue weighted by atomic mass is 35.5. The van der Waals surface area contributed by atoms with Crippen LogP contribution in [-0.2, 0) is 9.53 Å². The number of para-hydroxylation sites is 1. The topological polar surface area (TPSA) is 52.6 Å². The minimum absolute atomic E-state index is 0.305. The minimum Gasteiger partial charge on any atom is -0.465 e. The Labute approximate surface area is 132 Å². The number of esters is 2. The largest absolute Gasteiger partial charge is 0.465 e. The van der Waals surface area contributed by atoms with Crippen molar-refractivity contribution in [2.24, 2.45) is 0 Å². The number of rotatable bonds is 4. The predicted molar refractivity (Wildman–Crippen MR) is 83.9 cm³/mol. The second-order valence-corrected chi connectivity index (χ2v) is 4.71. The Bertz CT molecular complexity index is 705. The molecule has 0 fully saturated rings. The van der Waals surface area contributed by atoms with Crippen LogP contribution in [0.4, 0.5) is 0 Å². The second-order valence-electron chi connectivity index (χ2n) is 4.30. The van der Waals surface area contributed by atoms with Crippen LogP contribution in [0.25, 0.3) is 6.08 Å². The van der Waals surface area contributed by atoms with E-state index in [1.54, 1.807) is 54.6 Å². The van der Waals surface area contributed by atoms with Gasteiger partial charge in [-0.2, -0.15) is 0 Å². The number of methoxy groups -OCH3 is 1. The molecule has 0 heterocycles. The van der Waals surface area contributed by atoms with Gasteiger partial charge in [-0.1, -0.05) is 35.9 Å². The Balaban J connectivity index is 2.01. The van der Waals surface area contributed by atoms with E-state index in [1.807, 2.05) is 0 Å². The Hall–Kier alpha value is -2.59. The fraction of sp³-hybridized carbons (Fsp3) is 0.0588. The predicted octanol–water partition coefficient (Wildman–Crippen LogP) is 3.75. The van der Waals surface area contributed by atoms with Crippen LogP contribution in [-0.4, -0.2) is 19.0 Å². The molecule has 22 heavy (non-hydrogen) atoms. The van der Waals surface area contributed by atoms with Crippen LogP contribution in [0.1, 0.15) is 15.9 Å². The van der Waals surface area contributed by atoms with Crippen LogP contribution < -0.4 is 4.74 Å². The summed E-state index contributed by atoms with van der Waals surface area (Å²) in [6, 6.07) is 13.4. The summed E-state index contributed by atoms with van der Waals surface area (Å²) in [6.45, 7) is 0. The fourth-order valence-corrected chi connectivity index (χ4v) is 1.86. The lowest BCUT2D eigenvalue weighted by atomic mass is 10.1. The Morgan fingerprint density at radius 2 is 1.73 bits per heavy atom. The molecule has 0 saturated carbocycles. The molecule has 112 valence electrons. The SMILES string of the molecule is COC(=O)c1ccc(/C=C/C(=O)Oc2ccccc2Cl)cc1. The average Bonchev–Trinajstić information content (AvgIpc) is 2.55. The van der Waals surface area contributed by atoms with Gasteiger partial charge in [0, 0.05) is 6.08 Å². The molecule has 0 bridgehead atoms. The average molecular weight is 317 g/mol. The molecule has 2 aromatic carbocycles.